The molecule has 0 saturated heterocycles. The second-order valence-corrected chi connectivity index (χ2v) is 8.91. The van der Waals surface area contributed by atoms with E-state index in [2.05, 4.69) is 0 Å². The van der Waals surface area contributed by atoms with Gasteiger partial charge >= 0.3 is 39.1 Å². The molecule has 0 heterocycles. The summed E-state index contributed by atoms with van der Waals surface area (Å²) in [7, 11) is -9.41. The Kier molecular flexibility index (Phi) is 8.19. The lowest BCUT2D eigenvalue weighted by atomic mass is 10.1. The van der Waals surface area contributed by atoms with E-state index in [0.717, 1.165) is 30.3 Å². The van der Waals surface area contributed by atoms with Crippen molar-refractivity contribution in [3.8, 4) is 0 Å². The van der Waals surface area contributed by atoms with Crippen LogP contribution in [0.15, 0.2) is 36.4 Å². The maximum Gasteiger partial charge on any atom is 0.357 e. The quantitative estimate of drug-likeness (QED) is 0.242. The fourth-order valence-electron chi connectivity index (χ4n) is 2.26. The number of carboxylic acids is 4. The lowest BCUT2D eigenvalue weighted by Crippen LogP contribution is -2.20. The Hall–Kier alpha value is -3.38. The third kappa shape index (κ3) is 6.56. The molecule has 0 bridgehead atoms. The van der Waals surface area contributed by atoms with Crippen molar-refractivity contribution in [1.82, 2.24) is 0 Å². The van der Waals surface area contributed by atoms with E-state index in [1.54, 1.807) is 0 Å². The Balaban J connectivity index is 0.000000320. The Bertz CT molecular complexity index is 1180. The number of hydrogen-bond acceptors (Lipinski definition) is 6. The third-order valence-electron chi connectivity index (χ3n) is 3.60. The molecule has 0 atom stereocenters. The molecule has 0 radical (unpaired) electrons. The van der Waals surface area contributed by atoms with Crippen molar-refractivity contribution in [2.24, 2.45) is 0 Å². The van der Waals surface area contributed by atoms with Gasteiger partial charge in [-0.2, -0.15) is 0 Å². The van der Waals surface area contributed by atoms with E-state index in [-0.39, 0.29) is 0 Å². The first-order chi connectivity index (χ1) is 14.5. The fraction of sp³-hybridized carbons (Fsp3) is 0. The molecular weight excluding hydrogens is 478 g/mol. The Morgan fingerprint density at radius 1 is 0.594 bits per heavy atom. The normalized spacial score (nSPS) is 11.1. The molecule has 0 aliphatic rings. The van der Waals surface area contributed by atoms with Crippen LogP contribution in [-0.4, -0.2) is 63.9 Å². The first kappa shape index (κ1) is 26.7. The van der Waals surface area contributed by atoms with Gasteiger partial charge in [0.1, 0.15) is 0 Å². The predicted molar refractivity (Wildman–Crippen MR) is 104 cm³/mol. The second-order valence-electron chi connectivity index (χ2n) is 5.74. The lowest BCUT2D eigenvalue weighted by molar-refractivity contribution is 0.0651. The zero-order valence-corrected chi connectivity index (χ0v) is 17.2. The summed E-state index contributed by atoms with van der Waals surface area (Å²) in [5, 5.41) is 33.4. The molecule has 2 aromatic carbocycles. The highest BCUT2D eigenvalue weighted by atomic mass is 31.2. The zero-order valence-electron chi connectivity index (χ0n) is 15.4. The summed E-state index contributed by atoms with van der Waals surface area (Å²) in [4.78, 5) is 78.1. The van der Waals surface area contributed by atoms with Crippen LogP contribution in [0.1, 0.15) is 41.4 Å². The van der Waals surface area contributed by atoms with Crippen LogP contribution < -0.4 is 10.6 Å². The maximum atomic E-state index is 11.0. The Morgan fingerprint density at radius 2 is 1.09 bits per heavy atom. The van der Waals surface area contributed by atoms with Gasteiger partial charge in [0.2, 0.25) is 0 Å². The highest BCUT2D eigenvalue weighted by Gasteiger charge is 2.29. The minimum absolute atomic E-state index is 0.523. The molecular formula is C16H14O14P2. The second kappa shape index (κ2) is 9.83. The van der Waals surface area contributed by atoms with Gasteiger partial charge in [0.15, 0.2) is 0 Å². The minimum Gasteiger partial charge on any atom is -0.478 e. The predicted octanol–water partition coefficient (Wildman–Crippen LogP) is -0.228. The number of benzene rings is 2. The molecule has 0 aliphatic carbocycles. The van der Waals surface area contributed by atoms with E-state index in [9.17, 15) is 28.3 Å². The fourth-order valence-corrected chi connectivity index (χ4v) is 3.62. The summed E-state index contributed by atoms with van der Waals surface area (Å²) < 4.78 is 21.8. The standard InChI is InChI=1S/2C8H7O7P/c9-7(10)5-2-1-4(16(13,14)15)3-6(5)8(11)12;9-7(10)4-2-1-3-5(16(13,14)15)6(4)8(11)12/h2*1-3H,(H,9,10)(H,11,12)(H2,13,14,15). The molecule has 8 N–H and O–H groups in total. The molecule has 172 valence electrons. The molecule has 0 fully saturated rings. The maximum absolute atomic E-state index is 11.0. The van der Waals surface area contributed by atoms with Gasteiger partial charge in [-0.15, -0.1) is 0 Å². The van der Waals surface area contributed by atoms with Gasteiger partial charge in [-0.1, -0.05) is 6.07 Å². The first-order valence-electron chi connectivity index (χ1n) is 7.81. The van der Waals surface area contributed by atoms with Crippen LogP contribution >= 0.6 is 15.2 Å². The number of carbonyl (C=O) groups is 4. The van der Waals surface area contributed by atoms with Crippen LogP contribution in [0.25, 0.3) is 0 Å². The molecule has 0 spiro atoms. The van der Waals surface area contributed by atoms with E-state index in [1.165, 1.54) is 0 Å². The Morgan fingerprint density at radius 3 is 1.47 bits per heavy atom. The number of rotatable bonds is 6. The van der Waals surface area contributed by atoms with E-state index in [1.807, 2.05) is 0 Å². The van der Waals surface area contributed by atoms with E-state index in [4.69, 9.17) is 40.0 Å². The van der Waals surface area contributed by atoms with Crippen molar-refractivity contribution in [3.05, 3.63) is 58.7 Å². The molecule has 2 aromatic rings. The molecule has 32 heavy (non-hydrogen) atoms. The van der Waals surface area contributed by atoms with E-state index in [0.29, 0.717) is 6.07 Å². The molecule has 0 aromatic heterocycles. The average molecular weight is 492 g/mol. The highest BCUT2D eigenvalue weighted by molar-refractivity contribution is 7.60. The van der Waals surface area contributed by atoms with Gasteiger partial charge in [0, 0.05) is 0 Å². The van der Waals surface area contributed by atoms with Crippen molar-refractivity contribution in [3.63, 3.8) is 0 Å². The van der Waals surface area contributed by atoms with Gasteiger partial charge in [-0.3, -0.25) is 9.13 Å². The van der Waals surface area contributed by atoms with Crippen LogP contribution in [0, 0.1) is 0 Å². The molecule has 16 heteroatoms. The third-order valence-corrected chi connectivity index (χ3v) is 5.55. The van der Waals surface area contributed by atoms with Crippen molar-refractivity contribution in [1.29, 1.82) is 0 Å². The summed E-state index contributed by atoms with van der Waals surface area (Å²) in [5.41, 5.74) is -2.73. The smallest absolute Gasteiger partial charge is 0.357 e. The minimum atomic E-state index is -4.82. The molecule has 0 aliphatic heterocycles. The Labute approximate surface area is 177 Å². The highest BCUT2D eigenvalue weighted by Crippen LogP contribution is 2.35. The van der Waals surface area contributed by atoms with Crippen LogP contribution in [0.4, 0.5) is 0 Å². The van der Waals surface area contributed by atoms with Gasteiger partial charge < -0.3 is 40.0 Å². The van der Waals surface area contributed by atoms with Crippen molar-refractivity contribution >= 4 is 49.7 Å². The van der Waals surface area contributed by atoms with Crippen LogP contribution in [0.2, 0.25) is 0 Å². The number of hydrogen-bond donors (Lipinski definition) is 8. The molecule has 2 rings (SSSR count). The van der Waals surface area contributed by atoms with Gasteiger partial charge in [-0.25, -0.2) is 19.2 Å². The SMILES string of the molecule is O=C(O)c1ccc(P(=O)(O)O)cc1C(=O)O.O=C(O)c1cccc(P(=O)(O)O)c1C(=O)O. The topological polar surface area (TPSA) is 264 Å². The largest absolute Gasteiger partial charge is 0.478 e. The van der Waals surface area contributed by atoms with Crippen molar-refractivity contribution in [2.75, 3.05) is 0 Å². The van der Waals surface area contributed by atoms with Gasteiger partial charge in [-0.05, 0) is 30.3 Å². The van der Waals surface area contributed by atoms with Crippen molar-refractivity contribution in [2.45, 2.75) is 0 Å². The molecule has 0 unspecified atom stereocenters. The van der Waals surface area contributed by atoms with Crippen LogP contribution in [0.5, 0.6) is 0 Å². The van der Waals surface area contributed by atoms with E-state index >= 15 is 0 Å². The summed E-state index contributed by atoms with van der Waals surface area (Å²) in [6, 6.07) is 5.31. The van der Waals surface area contributed by atoms with Gasteiger partial charge in [0.25, 0.3) is 0 Å². The van der Waals surface area contributed by atoms with Crippen LogP contribution in [0.3, 0.4) is 0 Å². The molecule has 0 saturated carbocycles. The number of aromatic carboxylic acids is 4. The zero-order chi connectivity index (χ0) is 25.0. The summed E-state index contributed by atoms with van der Waals surface area (Å²) in [6.45, 7) is 0. The van der Waals surface area contributed by atoms with Gasteiger partial charge in [0.05, 0.1) is 32.9 Å². The first-order valence-corrected chi connectivity index (χ1v) is 11.0. The summed E-state index contributed by atoms with van der Waals surface area (Å²) >= 11 is 0. The average Bonchev–Trinajstić information content (AvgIpc) is 2.65. The number of carboxylic acid groups (broad SMARTS) is 4. The molecule has 0 amide bonds. The summed E-state index contributed by atoms with van der Waals surface area (Å²) in [6.07, 6.45) is 0. The van der Waals surface area contributed by atoms with Crippen molar-refractivity contribution < 1.29 is 68.3 Å². The van der Waals surface area contributed by atoms with Crippen LogP contribution in [-0.2, 0) is 9.13 Å². The van der Waals surface area contributed by atoms with E-state index < -0.39 is 71.9 Å². The summed E-state index contributed by atoms with van der Waals surface area (Å²) in [5.74, 6) is -6.30. The molecule has 14 nitrogen and oxygen atoms in total. The monoisotopic (exact) mass is 492 g/mol. The lowest BCUT2D eigenvalue weighted by Gasteiger charge is -2.09.